The highest BCUT2D eigenvalue weighted by atomic mass is 32.2. The quantitative estimate of drug-likeness (QED) is 0.131. The number of carbonyl (C=O) groups excluding carboxylic acids is 2. The van der Waals surface area contributed by atoms with Gasteiger partial charge in [-0.25, -0.2) is 4.79 Å². The first kappa shape index (κ1) is 26.5. The molecule has 9 heteroatoms. The lowest BCUT2D eigenvalue weighted by Gasteiger charge is -2.10. The van der Waals surface area contributed by atoms with Crippen molar-refractivity contribution in [2.75, 3.05) is 17.7 Å². The number of amides is 1. The molecule has 0 spiro atoms. The van der Waals surface area contributed by atoms with E-state index < -0.39 is 0 Å². The summed E-state index contributed by atoms with van der Waals surface area (Å²) in [4.78, 5) is 25.9. The first-order valence-corrected chi connectivity index (χ1v) is 14.0. The molecule has 0 saturated carbocycles. The van der Waals surface area contributed by atoms with Crippen molar-refractivity contribution in [3.8, 4) is 5.69 Å². The van der Waals surface area contributed by atoms with Crippen molar-refractivity contribution in [1.82, 2.24) is 14.8 Å². The predicted molar refractivity (Wildman–Crippen MR) is 148 cm³/mol. The van der Waals surface area contributed by atoms with E-state index in [1.807, 2.05) is 60.0 Å². The number of rotatable bonds is 12. The van der Waals surface area contributed by atoms with Crippen LogP contribution in [0.15, 0.2) is 95.0 Å². The smallest absolute Gasteiger partial charge is 0.338 e. The van der Waals surface area contributed by atoms with Crippen molar-refractivity contribution < 1.29 is 14.3 Å². The number of hydrogen-bond acceptors (Lipinski definition) is 7. The van der Waals surface area contributed by atoms with Gasteiger partial charge in [-0.15, -0.1) is 22.0 Å². The molecule has 1 N–H and O–H groups in total. The van der Waals surface area contributed by atoms with Gasteiger partial charge in [-0.3, -0.25) is 9.36 Å². The van der Waals surface area contributed by atoms with Gasteiger partial charge in [0.25, 0.3) is 0 Å². The van der Waals surface area contributed by atoms with Gasteiger partial charge >= 0.3 is 5.97 Å². The molecule has 0 atom stereocenters. The predicted octanol–water partition coefficient (Wildman–Crippen LogP) is 6.25. The van der Waals surface area contributed by atoms with Crippen LogP contribution in [0.1, 0.15) is 35.9 Å². The Morgan fingerprint density at radius 1 is 0.892 bits per heavy atom. The van der Waals surface area contributed by atoms with Crippen LogP contribution in [0.3, 0.4) is 0 Å². The van der Waals surface area contributed by atoms with E-state index in [4.69, 9.17) is 4.74 Å². The molecule has 0 aliphatic heterocycles. The number of aromatic nitrogens is 3. The molecular formula is C28H28N4O3S2. The molecule has 1 aromatic heterocycles. The molecule has 4 aromatic rings. The van der Waals surface area contributed by atoms with Crippen LogP contribution in [-0.4, -0.2) is 39.0 Å². The van der Waals surface area contributed by atoms with Crippen LogP contribution in [-0.2, 0) is 15.3 Å². The van der Waals surface area contributed by atoms with Crippen LogP contribution >= 0.6 is 23.5 Å². The van der Waals surface area contributed by atoms with Crippen LogP contribution < -0.4 is 5.32 Å². The van der Waals surface area contributed by atoms with Gasteiger partial charge in [-0.2, -0.15) is 0 Å². The van der Waals surface area contributed by atoms with Crippen molar-refractivity contribution >= 4 is 41.1 Å². The van der Waals surface area contributed by atoms with Gasteiger partial charge in [0.05, 0.1) is 23.7 Å². The maximum absolute atomic E-state index is 12.7. The van der Waals surface area contributed by atoms with E-state index in [1.54, 1.807) is 36.0 Å². The van der Waals surface area contributed by atoms with Crippen molar-refractivity contribution in [3.63, 3.8) is 0 Å². The lowest BCUT2D eigenvalue weighted by molar-refractivity contribution is -0.113. The number of carbonyl (C=O) groups is 2. The molecule has 190 valence electrons. The van der Waals surface area contributed by atoms with Crippen LogP contribution in [0.25, 0.3) is 5.69 Å². The number of nitrogens with one attached hydrogen (secondary N) is 1. The number of esters is 1. The number of para-hydroxylation sites is 1. The fourth-order valence-corrected chi connectivity index (χ4v) is 5.00. The summed E-state index contributed by atoms with van der Waals surface area (Å²) in [5.41, 5.74) is 2.01. The summed E-state index contributed by atoms with van der Waals surface area (Å²) in [6, 6.07) is 26.7. The molecule has 0 saturated heterocycles. The SMILES string of the molecule is CCCCOC(=O)c1ccc(NC(=O)CSc2nnc(CSc3ccccc3)n2-c2ccccc2)cc1. The standard InChI is InChI=1S/C28H28N4O3S2/c1-2-3-18-35-27(34)21-14-16-22(17-15-21)29-26(33)20-37-28-31-30-25(19-36-24-12-8-5-9-13-24)32(28)23-10-6-4-7-11-23/h4-17H,2-3,18-20H2,1H3,(H,29,33). The highest BCUT2D eigenvalue weighted by Gasteiger charge is 2.16. The van der Waals surface area contributed by atoms with Gasteiger partial charge in [0, 0.05) is 16.3 Å². The minimum atomic E-state index is -0.358. The van der Waals surface area contributed by atoms with E-state index in [9.17, 15) is 9.59 Å². The van der Waals surface area contributed by atoms with E-state index in [2.05, 4.69) is 27.6 Å². The number of hydrogen-bond donors (Lipinski definition) is 1. The third kappa shape index (κ3) is 7.71. The van der Waals surface area contributed by atoms with E-state index in [-0.39, 0.29) is 17.6 Å². The van der Waals surface area contributed by atoms with Gasteiger partial charge in [0.2, 0.25) is 5.91 Å². The Labute approximate surface area is 225 Å². The number of nitrogens with zero attached hydrogens (tertiary/aromatic N) is 3. The summed E-state index contributed by atoms with van der Waals surface area (Å²) < 4.78 is 7.22. The number of ether oxygens (including phenoxy) is 1. The first-order chi connectivity index (χ1) is 18.1. The van der Waals surface area contributed by atoms with Crippen LogP contribution in [0.5, 0.6) is 0 Å². The Kier molecular flexibility index (Phi) is 9.79. The maximum Gasteiger partial charge on any atom is 0.338 e. The van der Waals surface area contributed by atoms with E-state index in [0.717, 1.165) is 29.2 Å². The molecule has 1 amide bonds. The number of benzene rings is 3. The van der Waals surface area contributed by atoms with Crippen molar-refractivity contribution in [3.05, 3.63) is 96.3 Å². The van der Waals surface area contributed by atoms with Crippen LogP contribution in [0, 0.1) is 0 Å². The summed E-state index contributed by atoms with van der Waals surface area (Å²) >= 11 is 3.01. The highest BCUT2D eigenvalue weighted by molar-refractivity contribution is 7.99. The Morgan fingerprint density at radius 3 is 2.30 bits per heavy atom. The third-order valence-corrected chi connectivity index (χ3v) is 7.23. The van der Waals surface area contributed by atoms with Crippen LogP contribution in [0.4, 0.5) is 5.69 Å². The molecular weight excluding hydrogens is 504 g/mol. The van der Waals surface area contributed by atoms with E-state index in [0.29, 0.717) is 28.8 Å². The second-order valence-electron chi connectivity index (χ2n) is 8.08. The molecule has 0 aliphatic carbocycles. The minimum absolute atomic E-state index is 0.164. The van der Waals surface area contributed by atoms with Gasteiger partial charge in [0.15, 0.2) is 5.16 Å². The molecule has 0 aliphatic rings. The number of unbranched alkanes of at least 4 members (excludes halogenated alkanes) is 1. The monoisotopic (exact) mass is 532 g/mol. The number of thioether (sulfide) groups is 2. The van der Waals surface area contributed by atoms with E-state index >= 15 is 0 Å². The molecule has 3 aromatic carbocycles. The molecule has 37 heavy (non-hydrogen) atoms. The summed E-state index contributed by atoms with van der Waals surface area (Å²) in [5.74, 6) is 1.09. The van der Waals surface area contributed by atoms with E-state index in [1.165, 1.54) is 11.8 Å². The molecule has 0 bridgehead atoms. The lowest BCUT2D eigenvalue weighted by Crippen LogP contribution is -2.15. The van der Waals surface area contributed by atoms with Crippen LogP contribution in [0.2, 0.25) is 0 Å². The molecule has 0 fully saturated rings. The fourth-order valence-electron chi connectivity index (χ4n) is 3.40. The zero-order valence-corrected chi connectivity index (χ0v) is 22.1. The van der Waals surface area contributed by atoms with Crippen molar-refractivity contribution in [2.24, 2.45) is 0 Å². The Morgan fingerprint density at radius 2 is 1.59 bits per heavy atom. The average Bonchev–Trinajstić information content (AvgIpc) is 3.35. The number of anilines is 1. The first-order valence-electron chi connectivity index (χ1n) is 12.0. The van der Waals surface area contributed by atoms with Gasteiger partial charge in [-0.05, 0) is 55.0 Å². The van der Waals surface area contributed by atoms with Gasteiger partial charge in [0.1, 0.15) is 5.82 Å². The minimum Gasteiger partial charge on any atom is -0.462 e. The molecule has 4 rings (SSSR count). The Balaban J connectivity index is 1.38. The normalized spacial score (nSPS) is 10.7. The third-order valence-electron chi connectivity index (χ3n) is 5.29. The second kappa shape index (κ2) is 13.7. The summed E-state index contributed by atoms with van der Waals surface area (Å²) in [5, 5.41) is 12.3. The summed E-state index contributed by atoms with van der Waals surface area (Å²) in [7, 11) is 0. The largest absolute Gasteiger partial charge is 0.462 e. The zero-order valence-electron chi connectivity index (χ0n) is 20.5. The summed E-state index contributed by atoms with van der Waals surface area (Å²) in [6.45, 7) is 2.45. The fraction of sp³-hybridized carbons (Fsp3) is 0.214. The average molecular weight is 533 g/mol. The van der Waals surface area contributed by atoms with Crippen molar-refractivity contribution in [2.45, 2.75) is 35.6 Å². The van der Waals surface area contributed by atoms with Gasteiger partial charge < -0.3 is 10.1 Å². The highest BCUT2D eigenvalue weighted by Crippen LogP contribution is 2.27. The zero-order chi connectivity index (χ0) is 25.9. The maximum atomic E-state index is 12.7. The Bertz CT molecular complexity index is 1300. The van der Waals surface area contributed by atoms with Gasteiger partial charge in [-0.1, -0.05) is 61.5 Å². The molecule has 0 radical (unpaired) electrons. The lowest BCUT2D eigenvalue weighted by atomic mass is 10.2. The second-order valence-corrected chi connectivity index (χ2v) is 10.1. The summed E-state index contributed by atoms with van der Waals surface area (Å²) in [6.07, 6.45) is 1.80. The Hall–Kier alpha value is -3.56. The topological polar surface area (TPSA) is 86.1 Å². The molecule has 1 heterocycles. The molecule has 0 unspecified atom stereocenters. The molecule has 7 nitrogen and oxygen atoms in total. The van der Waals surface area contributed by atoms with Crippen molar-refractivity contribution in [1.29, 1.82) is 0 Å².